The van der Waals surface area contributed by atoms with Crippen LogP contribution in [0.5, 0.6) is 0 Å². The van der Waals surface area contributed by atoms with Crippen molar-refractivity contribution in [2.75, 3.05) is 6.54 Å². The average Bonchev–Trinajstić information content (AvgIpc) is 2.28. The molecule has 1 heteroatoms. The Morgan fingerprint density at radius 3 is 2.41 bits per heavy atom. The molecule has 0 aliphatic carbocycles. The zero-order chi connectivity index (χ0) is 12.5. The van der Waals surface area contributed by atoms with Gasteiger partial charge in [0.25, 0.3) is 0 Å². The van der Waals surface area contributed by atoms with E-state index in [9.17, 15) is 0 Å². The molecule has 0 heterocycles. The molecule has 0 unspecified atom stereocenters. The fourth-order valence-corrected chi connectivity index (χ4v) is 2.21. The standard InChI is InChI=1S/C16H27N/c1-14(2)12-16-10-7-9-15(13-16)8-5-3-4-6-11-17/h7,9-10,13-14H,3-6,8,11-12,17H2,1-2H3. The molecule has 0 saturated carbocycles. The van der Waals surface area contributed by atoms with E-state index in [4.69, 9.17) is 5.73 Å². The van der Waals surface area contributed by atoms with E-state index in [1.165, 1.54) is 49.7 Å². The Morgan fingerprint density at radius 2 is 1.71 bits per heavy atom. The summed E-state index contributed by atoms with van der Waals surface area (Å²) >= 11 is 0. The quantitative estimate of drug-likeness (QED) is 0.676. The van der Waals surface area contributed by atoms with Crippen molar-refractivity contribution in [1.29, 1.82) is 0 Å². The fraction of sp³-hybridized carbons (Fsp3) is 0.625. The van der Waals surface area contributed by atoms with E-state index >= 15 is 0 Å². The monoisotopic (exact) mass is 233 g/mol. The first kappa shape index (κ1) is 14.2. The summed E-state index contributed by atoms with van der Waals surface area (Å²) in [6.45, 7) is 5.39. The molecule has 0 bridgehead atoms. The summed E-state index contributed by atoms with van der Waals surface area (Å²) in [4.78, 5) is 0. The average molecular weight is 233 g/mol. The Morgan fingerprint density at radius 1 is 1.00 bits per heavy atom. The lowest BCUT2D eigenvalue weighted by atomic mass is 9.99. The van der Waals surface area contributed by atoms with Crippen LogP contribution in [0, 0.1) is 5.92 Å². The van der Waals surface area contributed by atoms with Gasteiger partial charge < -0.3 is 5.73 Å². The lowest BCUT2D eigenvalue weighted by Gasteiger charge is -2.07. The molecule has 0 radical (unpaired) electrons. The number of benzene rings is 1. The van der Waals surface area contributed by atoms with E-state index in [0.717, 1.165) is 12.5 Å². The second kappa shape index (κ2) is 8.30. The SMILES string of the molecule is CC(C)Cc1cccc(CCCCCCN)c1. The van der Waals surface area contributed by atoms with Crippen LogP contribution in [0.2, 0.25) is 0 Å². The molecule has 0 aliphatic heterocycles. The van der Waals surface area contributed by atoms with Gasteiger partial charge >= 0.3 is 0 Å². The van der Waals surface area contributed by atoms with Gasteiger partial charge in [-0.2, -0.15) is 0 Å². The fourth-order valence-electron chi connectivity index (χ4n) is 2.21. The van der Waals surface area contributed by atoms with Crippen molar-refractivity contribution in [3.8, 4) is 0 Å². The summed E-state index contributed by atoms with van der Waals surface area (Å²) < 4.78 is 0. The molecule has 0 aliphatic rings. The van der Waals surface area contributed by atoms with E-state index in [1.54, 1.807) is 0 Å². The number of nitrogens with two attached hydrogens (primary N) is 1. The van der Waals surface area contributed by atoms with Gasteiger partial charge in [-0.1, -0.05) is 51.0 Å². The Balaban J connectivity index is 2.32. The third-order valence-electron chi connectivity index (χ3n) is 3.05. The van der Waals surface area contributed by atoms with E-state index in [0.29, 0.717) is 0 Å². The minimum atomic E-state index is 0.745. The Kier molecular flexibility index (Phi) is 6.95. The molecule has 0 saturated heterocycles. The van der Waals surface area contributed by atoms with E-state index in [1.807, 2.05) is 0 Å². The van der Waals surface area contributed by atoms with Crippen LogP contribution >= 0.6 is 0 Å². The molecule has 1 nitrogen and oxygen atoms in total. The molecular weight excluding hydrogens is 206 g/mol. The van der Waals surface area contributed by atoms with Crippen LogP contribution in [0.25, 0.3) is 0 Å². The van der Waals surface area contributed by atoms with Crippen molar-refractivity contribution >= 4 is 0 Å². The molecule has 17 heavy (non-hydrogen) atoms. The van der Waals surface area contributed by atoms with Crippen molar-refractivity contribution in [1.82, 2.24) is 0 Å². The number of hydrogen-bond acceptors (Lipinski definition) is 1. The number of hydrogen-bond donors (Lipinski definition) is 1. The van der Waals surface area contributed by atoms with Crippen LogP contribution in [-0.4, -0.2) is 6.54 Å². The van der Waals surface area contributed by atoms with Gasteiger partial charge in [0.05, 0.1) is 0 Å². The third-order valence-corrected chi connectivity index (χ3v) is 3.05. The van der Waals surface area contributed by atoms with Gasteiger partial charge in [-0.25, -0.2) is 0 Å². The van der Waals surface area contributed by atoms with Crippen LogP contribution in [0.1, 0.15) is 50.7 Å². The minimum Gasteiger partial charge on any atom is -0.330 e. The number of aryl methyl sites for hydroxylation is 1. The summed E-state index contributed by atoms with van der Waals surface area (Å²) in [5.74, 6) is 0.745. The molecule has 2 N–H and O–H groups in total. The van der Waals surface area contributed by atoms with Crippen molar-refractivity contribution in [2.45, 2.75) is 52.4 Å². The highest BCUT2D eigenvalue weighted by Crippen LogP contribution is 2.13. The van der Waals surface area contributed by atoms with Crippen molar-refractivity contribution < 1.29 is 0 Å². The normalized spacial score (nSPS) is 11.1. The van der Waals surface area contributed by atoms with Gasteiger partial charge in [0.15, 0.2) is 0 Å². The summed E-state index contributed by atoms with van der Waals surface area (Å²) in [5.41, 5.74) is 8.47. The first-order valence-electron chi connectivity index (χ1n) is 7.00. The van der Waals surface area contributed by atoms with Gasteiger partial charge in [-0.3, -0.25) is 0 Å². The highest BCUT2D eigenvalue weighted by Gasteiger charge is 1.99. The van der Waals surface area contributed by atoms with E-state index < -0.39 is 0 Å². The summed E-state index contributed by atoms with van der Waals surface area (Å²) in [5, 5.41) is 0. The molecule has 0 amide bonds. The minimum absolute atomic E-state index is 0.745. The first-order valence-corrected chi connectivity index (χ1v) is 7.00. The van der Waals surface area contributed by atoms with Gasteiger partial charge in [0.1, 0.15) is 0 Å². The first-order chi connectivity index (χ1) is 8.22. The summed E-state index contributed by atoms with van der Waals surface area (Å²) in [6, 6.07) is 9.08. The molecule has 1 aromatic carbocycles. The molecule has 0 aromatic heterocycles. The van der Waals surface area contributed by atoms with Crippen molar-refractivity contribution in [2.24, 2.45) is 11.7 Å². The van der Waals surface area contributed by atoms with Crippen LogP contribution in [0.15, 0.2) is 24.3 Å². The molecule has 0 spiro atoms. The smallest absolute Gasteiger partial charge is 0.00773 e. The lowest BCUT2D eigenvalue weighted by molar-refractivity contribution is 0.640. The molecule has 1 aromatic rings. The molecule has 0 atom stereocenters. The third kappa shape index (κ3) is 6.48. The maximum atomic E-state index is 5.49. The second-order valence-corrected chi connectivity index (χ2v) is 5.37. The molecule has 96 valence electrons. The highest BCUT2D eigenvalue weighted by molar-refractivity contribution is 5.23. The lowest BCUT2D eigenvalue weighted by Crippen LogP contribution is -1.98. The van der Waals surface area contributed by atoms with Gasteiger partial charge in [-0.15, -0.1) is 0 Å². The number of rotatable bonds is 8. The van der Waals surface area contributed by atoms with Gasteiger partial charge in [0, 0.05) is 0 Å². The van der Waals surface area contributed by atoms with Gasteiger partial charge in [-0.05, 0) is 49.3 Å². The predicted octanol–water partition coefficient (Wildman–Crippen LogP) is 3.95. The van der Waals surface area contributed by atoms with E-state index in [2.05, 4.69) is 38.1 Å². The maximum absolute atomic E-state index is 5.49. The summed E-state index contributed by atoms with van der Waals surface area (Å²) in [7, 11) is 0. The highest BCUT2D eigenvalue weighted by atomic mass is 14.5. The summed E-state index contributed by atoms with van der Waals surface area (Å²) in [6.07, 6.45) is 7.48. The van der Waals surface area contributed by atoms with Crippen LogP contribution < -0.4 is 5.73 Å². The van der Waals surface area contributed by atoms with Gasteiger partial charge in [0.2, 0.25) is 0 Å². The predicted molar refractivity (Wildman–Crippen MR) is 76.2 cm³/mol. The molecular formula is C16H27N. The Labute approximate surface area is 106 Å². The number of unbranched alkanes of at least 4 members (excludes halogenated alkanes) is 3. The Bertz CT molecular complexity index is 304. The Hall–Kier alpha value is -0.820. The van der Waals surface area contributed by atoms with Crippen LogP contribution in [0.3, 0.4) is 0 Å². The largest absolute Gasteiger partial charge is 0.330 e. The zero-order valence-electron chi connectivity index (χ0n) is 11.4. The van der Waals surface area contributed by atoms with Crippen LogP contribution in [0.4, 0.5) is 0 Å². The second-order valence-electron chi connectivity index (χ2n) is 5.37. The topological polar surface area (TPSA) is 26.0 Å². The molecule has 0 fully saturated rings. The van der Waals surface area contributed by atoms with Crippen molar-refractivity contribution in [3.05, 3.63) is 35.4 Å². The van der Waals surface area contributed by atoms with Crippen LogP contribution in [-0.2, 0) is 12.8 Å². The maximum Gasteiger partial charge on any atom is -0.00773 e. The van der Waals surface area contributed by atoms with Crippen molar-refractivity contribution in [3.63, 3.8) is 0 Å². The molecule has 1 rings (SSSR count). The zero-order valence-corrected chi connectivity index (χ0v) is 11.4. The van der Waals surface area contributed by atoms with E-state index in [-0.39, 0.29) is 0 Å².